The van der Waals surface area contributed by atoms with Gasteiger partial charge in [0.25, 0.3) is 0 Å². The molecule has 2 aliphatic rings. The second-order valence-corrected chi connectivity index (χ2v) is 9.17. The highest BCUT2D eigenvalue weighted by Gasteiger charge is 2.32. The lowest BCUT2D eigenvalue weighted by atomic mass is 9.81. The van der Waals surface area contributed by atoms with E-state index in [2.05, 4.69) is 40.5 Å². The summed E-state index contributed by atoms with van der Waals surface area (Å²) in [7, 11) is 0. The predicted octanol–water partition coefficient (Wildman–Crippen LogP) is 6.50. The minimum absolute atomic E-state index is 0.737. The molecule has 0 amide bonds. The highest BCUT2D eigenvalue weighted by molar-refractivity contribution is 6.31. The van der Waals surface area contributed by atoms with Crippen LogP contribution in [0.15, 0.2) is 42.5 Å². The molecule has 0 aliphatic carbocycles. The number of benzene rings is 2. The van der Waals surface area contributed by atoms with Crippen LogP contribution in [0.2, 0.25) is 5.02 Å². The van der Waals surface area contributed by atoms with Gasteiger partial charge in [0.2, 0.25) is 0 Å². The number of para-hydroxylation sites is 1. The molecule has 29 heavy (non-hydrogen) atoms. The van der Waals surface area contributed by atoms with Gasteiger partial charge in [-0.05, 0) is 81.8 Å². The Kier molecular flexibility index (Phi) is 5.61. The smallest absolute Gasteiger partial charge is 0.0745 e. The number of aromatic nitrogens is 1. The van der Waals surface area contributed by atoms with E-state index < -0.39 is 0 Å². The summed E-state index contributed by atoms with van der Waals surface area (Å²) in [4.78, 5) is 7.59. The third-order valence-corrected chi connectivity index (χ3v) is 7.16. The first kappa shape index (κ1) is 19.1. The average Bonchev–Trinajstić information content (AvgIpc) is 2.76. The molecule has 0 spiro atoms. The van der Waals surface area contributed by atoms with Crippen molar-refractivity contribution in [1.82, 2.24) is 9.88 Å². The molecule has 2 aromatic carbocycles. The first-order chi connectivity index (χ1) is 14.3. The van der Waals surface area contributed by atoms with Crippen LogP contribution in [0.1, 0.15) is 44.9 Å². The number of nitrogens with zero attached hydrogens (tertiary/aromatic N) is 2. The lowest BCUT2D eigenvalue weighted by Crippen LogP contribution is -2.47. The molecule has 5 rings (SSSR count). The maximum atomic E-state index is 6.23. The first-order valence-corrected chi connectivity index (χ1v) is 11.6. The molecule has 2 saturated heterocycles. The number of nitrogens with one attached hydrogen (secondary N) is 1. The van der Waals surface area contributed by atoms with Crippen molar-refractivity contribution in [3.8, 4) is 0 Å². The summed E-state index contributed by atoms with van der Waals surface area (Å²) in [5, 5.41) is 6.85. The SMILES string of the molecule is Clc1ccc2c(NCCC[C@@H]3CCCN4CCCC[C@H]34)c3ccccc3nc2c1. The zero-order valence-electron chi connectivity index (χ0n) is 17.0. The fraction of sp³-hybridized carbons (Fsp3) is 0.480. The van der Waals surface area contributed by atoms with Crippen molar-refractivity contribution >= 4 is 39.1 Å². The van der Waals surface area contributed by atoms with E-state index in [-0.39, 0.29) is 0 Å². The summed E-state index contributed by atoms with van der Waals surface area (Å²) in [5.74, 6) is 0.885. The molecule has 4 heteroatoms. The van der Waals surface area contributed by atoms with Gasteiger partial charge in [0, 0.05) is 28.4 Å². The van der Waals surface area contributed by atoms with Crippen LogP contribution < -0.4 is 5.32 Å². The van der Waals surface area contributed by atoms with Gasteiger partial charge in [-0.15, -0.1) is 0 Å². The molecular weight excluding hydrogens is 378 g/mol. The Labute approximate surface area is 178 Å². The lowest BCUT2D eigenvalue weighted by Gasteiger charge is -2.44. The predicted molar refractivity (Wildman–Crippen MR) is 124 cm³/mol. The number of fused-ring (bicyclic) bond motifs is 3. The monoisotopic (exact) mass is 407 g/mol. The Hall–Kier alpha value is -1.84. The quantitative estimate of drug-likeness (QED) is 0.386. The van der Waals surface area contributed by atoms with Gasteiger partial charge in [-0.1, -0.05) is 36.2 Å². The summed E-state index contributed by atoms with van der Waals surface area (Å²) in [5.41, 5.74) is 3.18. The molecule has 3 heterocycles. The second kappa shape index (κ2) is 8.49. The van der Waals surface area contributed by atoms with Crippen molar-refractivity contribution in [2.75, 3.05) is 25.0 Å². The van der Waals surface area contributed by atoms with Gasteiger partial charge < -0.3 is 10.2 Å². The molecule has 3 nitrogen and oxygen atoms in total. The van der Waals surface area contributed by atoms with Gasteiger partial charge in [0.15, 0.2) is 0 Å². The van der Waals surface area contributed by atoms with Gasteiger partial charge >= 0.3 is 0 Å². The molecule has 0 radical (unpaired) electrons. The largest absolute Gasteiger partial charge is 0.384 e. The molecule has 3 aromatic rings. The maximum Gasteiger partial charge on any atom is 0.0745 e. The van der Waals surface area contributed by atoms with Gasteiger partial charge in [0.05, 0.1) is 16.7 Å². The van der Waals surface area contributed by atoms with Crippen LogP contribution in [-0.2, 0) is 0 Å². The number of anilines is 1. The summed E-state index contributed by atoms with van der Waals surface area (Å²) in [6.07, 6.45) is 9.60. The average molecular weight is 408 g/mol. The molecule has 1 N–H and O–H groups in total. The Morgan fingerprint density at radius 3 is 2.79 bits per heavy atom. The Bertz CT molecular complexity index is 1000. The van der Waals surface area contributed by atoms with Crippen molar-refractivity contribution in [3.63, 3.8) is 0 Å². The van der Waals surface area contributed by atoms with Crippen molar-refractivity contribution in [2.45, 2.75) is 51.0 Å². The third kappa shape index (κ3) is 3.95. The summed E-state index contributed by atoms with van der Waals surface area (Å²) in [6, 6.07) is 15.3. The Balaban J connectivity index is 1.31. The lowest BCUT2D eigenvalue weighted by molar-refractivity contribution is 0.0553. The molecule has 2 aliphatic heterocycles. The zero-order valence-corrected chi connectivity index (χ0v) is 17.8. The number of piperidine rings is 2. The summed E-state index contributed by atoms with van der Waals surface area (Å²) in [6.45, 7) is 3.67. The molecule has 0 bridgehead atoms. The van der Waals surface area contributed by atoms with Gasteiger partial charge in [0.1, 0.15) is 0 Å². The van der Waals surface area contributed by atoms with Crippen molar-refractivity contribution in [2.24, 2.45) is 5.92 Å². The molecular formula is C25H30ClN3. The molecule has 2 atom stereocenters. The van der Waals surface area contributed by atoms with E-state index in [1.165, 1.54) is 69.1 Å². The highest BCUT2D eigenvalue weighted by atomic mass is 35.5. The standard InChI is InChI=1S/C25H30ClN3/c26-19-12-13-21-23(17-19)28-22-10-2-1-9-20(22)25(21)27-14-5-7-18-8-6-16-29-15-4-3-11-24(18)29/h1-2,9-10,12-13,17-18,24H,3-8,11,14-16H2,(H,27,28)/t18-,24-/m1/s1. The van der Waals surface area contributed by atoms with Gasteiger partial charge in [-0.2, -0.15) is 0 Å². The normalized spacial score (nSPS) is 22.7. The van der Waals surface area contributed by atoms with E-state index in [4.69, 9.17) is 16.6 Å². The van der Waals surface area contributed by atoms with Gasteiger partial charge in [-0.25, -0.2) is 4.98 Å². The number of hydrogen-bond acceptors (Lipinski definition) is 3. The van der Waals surface area contributed by atoms with Crippen molar-refractivity contribution in [1.29, 1.82) is 0 Å². The zero-order chi connectivity index (χ0) is 19.6. The summed E-state index contributed by atoms with van der Waals surface area (Å²) < 4.78 is 0. The maximum absolute atomic E-state index is 6.23. The van der Waals surface area contributed by atoms with E-state index in [0.717, 1.165) is 39.9 Å². The van der Waals surface area contributed by atoms with Gasteiger partial charge in [-0.3, -0.25) is 0 Å². The number of hydrogen-bond donors (Lipinski definition) is 1. The highest BCUT2D eigenvalue weighted by Crippen LogP contribution is 2.34. The Morgan fingerprint density at radius 1 is 0.966 bits per heavy atom. The van der Waals surface area contributed by atoms with E-state index in [9.17, 15) is 0 Å². The molecule has 152 valence electrons. The minimum atomic E-state index is 0.737. The summed E-state index contributed by atoms with van der Waals surface area (Å²) >= 11 is 6.23. The van der Waals surface area contributed by atoms with Crippen LogP contribution in [0.5, 0.6) is 0 Å². The van der Waals surface area contributed by atoms with Crippen LogP contribution >= 0.6 is 11.6 Å². The third-order valence-electron chi connectivity index (χ3n) is 6.93. The number of pyridine rings is 1. The van der Waals surface area contributed by atoms with Crippen molar-refractivity contribution < 1.29 is 0 Å². The van der Waals surface area contributed by atoms with Crippen LogP contribution in [0, 0.1) is 5.92 Å². The molecule has 2 fully saturated rings. The van der Waals surface area contributed by atoms with Crippen LogP contribution in [0.3, 0.4) is 0 Å². The van der Waals surface area contributed by atoms with E-state index in [0.29, 0.717) is 0 Å². The fourth-order valence-corrected chi connectivity index (χ4v) is 5.71. The minimum Gasteiger partial charge on any atom is -0.384 e. The number of halogens is 1. The van der Waals surface area contributed by atoms with Crippen LogP contribution in [0.25, 0.3) is 21.8 Å². The first-order valence-electron chi connectivity index (χ1n) is 11.3. The van der Waals surface area contributed by atoms with E-state index >= 15 is 0 Å². The molecule has 0 unspecified atom stereocenters. The topological polar surface area (TPSA) is 28.2 Å². The molecule has 1 aromatic heterocycles. The second-order valence-electron chi connectivity index (χ2n) is 8.74. The Morgan fingerprint density at radius 2 is 1.83 bits per heavy atom. The van der Waals surface area contributed by atoms with Crippen LogP contribution in [-0.4, -0.2) is 35.6 Å². The molecule has 0 saturated carbocycles. The van der Waals surface area contributed by atoms with E-state index in [1.54, 1.807) is 0 Å². The number of rotatable bonds is 5. The van der Waals surface area contributed by atoms with Crippen molar-refractivity contribution in [3.05, 3.63) is 47.5 Å². The fourth-order valence-electron chi connectivity index (χ4n) is 5.55. The van der Waals surface area contributed by atoms with Crippen LogP contribution in [0.4, 0.5) is 5.69 Å². The van der Waals surface area contributed by atoms with E-state index in [1.807, 2.05) is 12.1 Å².